The van der Waals surface area contributed by atoms with Crippen LogP contribution in [0.15, 0.2) is 11.4 Å². The van der Waals surface area contributed by atoms with Crippen molar-refractivity contribution in [3.63, 3.8) is 0 Å². The first-order chi connectivity index (χ1) is 11.8. The molecule has 8 heteroatoms. The molecule has 0 aliphatic carbocycles. The van der Waals surface area contributed by atoms with Crippen molar-refractivity contribution in [2.75, 3.05) is 39.9 Å². The molecule has 0 aromatic carbocycles. The van der Waals surface area contributed by atoms with Crippen LogP contribution < -0.4 is 0 Å². The van der Waals surface area contributed by atoms with E-state index in [1.807, 2.05) is 0 Å². The van der Waals surface area contributed by atoms with Crippen molar-refractivity contribution in [2.45, 2.75) is 25.1 Å². The van der Waals surface area contributed by atoms with Crippen molar-refractivity contribution in [3.8, 4) is 0 Å². The summed E-state index contributed by atoms with van der Waals surface area (Å²) in [4.78, 5) is 16.3. The summed E-state index contributed by atoms with van der Waals surface area (Å²) in [6.45, 7) is 3.75. The molecule has 0 N–H and O–H groups in total. The number of thiophene rings is 1. The number of hydrogen-bond acceptors (Lipinski definition) is 4. The molecule has 3 aliphatic heterocycles. The van der Waals surface area contributed by atoms with E-state index >= 15 is 0 Å². The monoisotopic (exact) mass is 374 g/mol. The first-order valence-electron chi connectivity index (χ1n) is 8.53. The SMILES string of the molecule is CN1CCC2(CC1)CN(C(=O)c1csc(C(F)(F)F)c1)[C@@H]1COC[C@@H]12. The van der Waals surface area contributed by atoms with Gasteiger partial charge in [0.15, 0.2) is 0 Å². The third-order valence-corrected chi connectivity index (χ3v) is 7.07. The maximum atomic E-state index is 12.9. The first-order valence-corrected chi connectivity index (χ1v) is 9.41. The summed E-state index contributed by atoms with van der Waals surface area (Å²) in [6.07, 6.45) is -2.38. The summed E-state index contributed by atoms with van der Waals surface area (Å²) < 4.78 is 44.2. The minimum absolute atomic E-state index is 0.00913. The van der Waals surface area contributed by atoms with Crippen molar-refractivity contribution >= 4 is 17.2 Å². The molecule has 4 rings (SSSR count). The highest BCUT2D eigenvalue weighted by molar-refractivity contribution is 7.10. The lowest BCUT2D eigenvalue weighted by Gasteiger charge is -2.40. The van der Waals surface area contributed by atoms with Crippen LogP contribution in [-0.4, -0.2) is 61.6 Å². The van der Waals surface area contributed by atoms with E-state index in [0.717, 1.165) is 32.0 Å². The van der Waals surface area contributed by atoms with E-state index in [0.29, 0.717) is 37.0 Å². The van der Waals surface area contributed by atoms with Gasteiger partial charge in [-0.15, -0.1) is 11.3 Å². The average Bonchev–Trinajstić information content (AvgIpc) is 3.26. The number of hydrogen-bond donors (Lipinski definition) is 0. The number of piperidine rings is 1. The van der Waals surface area contributed by atoms with Crippen molar-refractivity contribution in [2.24, 2.45) is 11.3 Å². The molecular weight excluding hydrogens is 353 g/mol. The molecule has 138 valence electrons. The Balaban J connectivity index is 1.58. The van der Waals surface area contributed by atoms with Crippen LogP contribution in [-0.2, 0) is 10.9 Å². The van der Waals surface area contributed by atoms with E-state index < -0.39 is 11.1 Å². The van der Waals surface area contributed by atoms with Gasteiger partial charge in [0.2, 0.25) is 0 Å². The minimum atomic E-state index is -4.40. The smallest absolute Gasteiger partial charge is 0.379 e. The zero-order chi connectivity index (χ0) is 17.8. The predicted molar refractivity (Wildman–Crippen MR) is 87.6 cm³/mol. The molecule has 1 aromatic heterocycles. The highest BCUT2D eigenvalue weighted by Gasteiger charge is 2.56. The van der Waals surface area contributed by atoms with Crippen LogP contribution in [0, 0.1) is 11.3 Å². The number of ether oxygens (including phenoxy) is 1. The molecule has 4 nitrogen and oxygen atoms in total. The fourth-order valence-electron chi connectivity index (χ4n) is 4.59. The molecule has 1 spiro atoms. The summed E-state index contributed by atoms with van der Waals surface area (Å²) in [6, 6.07) is 0.974. The summed E-state index contributed by atoms with van der Waals surface area (Å²) in [5.41, 5.74) is 0.194. The molecule has 1 aromatic rings. The van der Waals surface area contributed by atoms with Crippen molar-refractivity contribution in [1.82, 2.24) is 9.80 Å². The number of fused-ring (bicyclic) bond motifs is 2. The molecule has 25 heavy (non-hydrogen) atoms. The highest BCUT2D eigenvalue weighted by atomic mass is 32.1. The van der Waals surface area contributed by atoms with E-state index in [1.165, 1.54) is 5.38 Å². The van der Waals surface area contributed by atoms with Crippen LogP contribution in [0.2, 0.25) is 0 Å². The van der Waals surface area contributed by atoms with Gasteiger partial charge in [-0.2, -0.15) is 13.2 Å². The normalized spacial score (nSPS) is 29.4. The van der Waals surface area contributed by atoms with Gasteiger partial charge in [-0.25, -0.2) is 0 Å². The van der Waals surface area contributed by atoms with Crippen molar-refractivity contribution in [1.29, 1.82) is 0 Å². The van der Waals surface area contributed by atoms with Gasteiger partial charge in [0.05, 0.1) is 24.8 Å². The third kappa shape index (κ3) is 2.88. The maximum Gasteiger partial charge on any atom is 0.425 e. The van der Waals surface area contributed by atoms with Crippen LogP contribution >= 0.6 is 11.3 Å². The third-order valence-electron chi connectivity index (χ3n) is 6.09. The molecule has 4 heterocycles. The van der Waals surface area contributed by atoms with Crippen LogP contribution in [0.1, 0.15) is 28.1 Å². The maximum absolute atomic E-state index is 12.9. The molecule has 0 saturated carbocycles. The van der Waals surface area contributed by atoms with Gasteiger partial charge in [0.25, 0.3) is 5.91 Å². The molecule has 0 radical (unpaired) electrons. The molecule has 1 amide bonds. The van der Waals surface area contributed by atoms with E-state index in [2.05, 4.69) is 11.9 Å². The topological polar surface area (TPSA) is 32.8 Å². The van der Waals surface area contributed by atoms with Gasteiger partial charge in [-0.05, 0) is 44.5 Å². The lowest BCUT2D eigenvalue weighted by atomic mass is 9.70. The average molecular weight is 374 g/mol. The molecule has 0 unspecified atom stereocenters. The summed E-state index contributed by atoms with van der Waals surface area (Å²) in [5, 5.41) is 1.33. The second kappa shape index (κ2) is 5.96. The second-order valence-corrected chi connectivity index (χ2v) is 8.42. The quantitative estimate of drug-likeness (QED) is 0.758. The minimum Gasteiger partial charge on any atom is -0.379 e. The summed E-state index contributed by atoms with van der Waals surface area (Å²) in [7, 11) is 2.09. The second-order valence-electron chi connectivity index (χ2n) is 7.51. The van der Waals surface area contributed by atoms with Crippen LogP contribution in [0.25, 0.3) is 0 Å². The Bertz CT molecular complexity index is 667. The largest absolute Gasteiger partial charge is 0.425 e. The Labute approximate surface area is 148 Å². The van der Waals surface area contributed by atoms with E-state index in [1.54, 1.807) is 4.90 Å². The zero-order valence-electron chi connectivity index (χ0n) is 14.0. The molecular formula is C17H21F3N2O2S. The summed E-state index contributed by atoms with van der Waals surface area (Å²) >= 11 is 0.586. The van der Waals surface area contributed by atoms with Gasteiger partial charge in [-0.3, -0.25) is 4.79 Å². The van der Waals surface area contributed by atoms with Gasteiger partial charge < -0.3 is 14.5 Å². The number of rotatable bonds is 1. The Morgan fingerprint density at radius 2 is 2.04 bits per heavy atom. The number of alkyl halides is 3. The van der Waals surface area contributed by atoms with E-state index in [9.17, 15) is 18.0 Å². The number of amides is 1. The number of carbonyl (C=O) groups is 1. The Hall–Kier alpha value is -1.12. The predicted octanol–water partition coefficient (Wildman–Crippen LogP) is 2.95. The highest BCUT2D eigenvalue weighted by Crippen LogP contribution is 2.50. The van der Waals surface area contributed by atoms with Gasteiger partial charge >= 0.3 is 6.18 Å². The van der Waals surface area contributed by atoms with E-state index in [4.69, 9.17) is 4.74 Å². The number of carbonyl (C=O) groups excluding carboxylic acids is 1. The number of halogens is 3. The van der Waals surface area contributed by atoms with Crippen LogP contribution in [0.5, 0.6) is 0 Å². The fourth-order valence-corrected chi connectivity index (χ4v) is 5.34. The first kappa shape index (κ1) is 17.3. The van der Waals surface area contributed by atoms with Crippen molar-refractivity contribution < 1.29 is 22.7 Å². The lowest BCUT2D eigenvalue weighted by Crippen LogP contribution is -2.43. The van der Waals surface area contributed by atoms with Crippen molar-refractivity contribution in [3.05, 3.63) is 21.9 Å². The molecule has 3 aliphatic rings. The number of nitrogens with zero attached hydrogens (tertiary/aromatic N) is 2. The van der Waals surface area contributed by atoms with Gasteiger partial charge in [-0.1, -0.05) is 0 Å². The standard InChI is InChI=1S/C17H21F3N2O2S/c1-21-4-2-16(3-5-21)10-22(13-8-24-7-12(13)16)15(23)11-6-14(25-9-11)17(18,19)20/h6,9,12-13H,2-5,7-8,10H2,1H3/t12-,13+/m0/s1. The zero-order valence-corrected chi connectivity index (χ0v) is 14.8. The Morgan fingerprint density at radius 1 is 1.32 bits per heavy atom. The number of likely N-dealkylation sites (tertiary alicyclic amines) is 2. The summed E-state index contributed by atoms with van der Waals surface area (Å²) in [5.74, 6) is 0.00826. The van der Waals surface area contributed by atoms with Gasteiger partial charge in [0, 0.05) is 17.8 Å². The van der Waals surface area contributed by atoms with Crippen LogP contribution in [0.3, 0.4) is 0 Å². The Kier molecular flexibility index (Phi) is 4.12. The molecule has 2 atom stereocenters. The lowest BCUT2D eigenvalue weighted by molar-refractivity contribution is -0.134. The molecule has 0 bridgehead atoms. The Morgan fingerprint density at radius 3 is 2.68 bits per heavy atom. The van der Waals surface area contributed by atoms with Gasteiger partial charge in [0.1, 0.15) is 4.88 Å². The van der Waals surface area contributed by atoms with E-state index in [-0.39, 0.29) is 22.9 Å². The fraction of sp³-hybridized carbons (Fsp3) is 0.706. The van der Waals surface area contributed by atoms with Crippen LogP contribution in [0.4, 0.5) is 13.2 Å². The molecule has 3 fully saturated rings. The molecule has 3 saturated heterocycles.